The lowest BCUT2D eigenvalue weighted by Gasteiger charge is -2.42. The van der Waals surface area contributed by atoms with Gasteiger partial charge in [-0.05, 0) is 53.8 Å². The first-order chi connectivity index (χ1) is 11.5. The largest absolute Gasteiger partial charge is 0.428 e. The minimum atomic E-state index is -0.668. The zero-order chi connectivity index (χ0) is 17.3. The Balaban J connectivity index is 2.16. The van der Waals surface area contributed by atoms with Crippen LogP contribution in [0, 0.1) is 0 Å². The number of carbonyl (C=O) groups is 1. The molecule has 0 radical (unpaired) electrons. The molecule has 0 bridgehead atoms. The maximum atomic E-state index is 12.5. The van der Waals surface area contributed by atoms with Crippen LogP contribution in [0.5, 0.6) is 0 Å². The van der Waals surface area contributed by atoms with Gasteiger partial charge in [0.05, 0.1) is 0 Å². The number of allylic oxidation sites excluding steroid dienone is 1. The van der Waals surface area contributed by atoms with Crippen molar-refractivity contribution in [3.63, 3.8) is 0 Å². The third-order valence-corrected chi connectivity index (χ3v) is 5.68. The van der Waals surface area contributed by atoms with Crippen LogP contribution in [0.2, 0.25) is 0 Å². The number of carbonyl (C=O) groups excluding carboxylic acids is 1. The zero-order valence-electron chi connectivity index (χ0n) is 13.6. The van der Waals surface area contributed by atoms with Gasteiger partial charge in [0.2, 0.25) is 0 Å². The Kier molecular flexibility index (Phi) is 4.97. The normalized spacial score (nSPS) is 21.9. The molecule has 1 atom stereocenters. The molecule has 1 aliphatic heterocycles. The summed E-state index contributed by atoms with van der Waals surface area (Å²) >= 11 is 6.93. The van der Waals surface area contributed by atoms with E-state index in [0.29, 0.717) is 6.42 Å². The van der Waals surface area contributed by atoms with Crippen LogP contribution in [0.4, 0.5) is 0 Å². The zero-order valence-corrected chi connectivity index (χ0v) is 16.8. The van der Waals surface area contributed by atoms with E-state index in [-0.39, 0.29) is 5.97 Å². The first-order valence-electron chi connectivity index (χ1n) is 8.00. The monoisotopic (exact) mass is 448 g/mol. The van der Waals surface area contributed by atoms with Gasteiger partial charge in [-0.15, -0.1) is 0 Å². The van der Waals surface area contributed by atoms with E-state index in [4.69, 9.17) is 4.74 Å². The average Bonchev–Trinajstić information content (AvgIpc) is 2.59. The smallest absolute Gasteiger partial charge is 0.329 e. The fourth-order valence-corrected chi connectivity index (χ4v) is 3.80. The topological polar surface area (TPSA) is 26.3 Å². The molecule has 0 amide bonds. The van der Waals surface area contributed by atoms with Gasteiger partial charge >= 0.3 is 5.97 Å². The predicted molar refractivity (Wildman–Crippen MR) is 104 cm³/mol. The second-order valence-electron chi connectivity index (χ2n) is 5.82. The number of hydrogen-bond donors (Lipinski definition) is 0. The molecule has 0 unspecified atom stereocenters. The summed E-state index contributed by atoms with van der Waals surface area (Å²) in [4.78, 5) is 12.5. The van der Waals surface area contributed by atoms with Crippen LogP contribution in [0.15, 0.2) is 63.2 Å². The van der Waals surface area contributed by atoms with Gasteiger partial charge in [0.15, 0.2) is 5.41 Å². The maximum absolute atomic E-state index is 12.5. The van der Waals surface area contributed by atoms with E-state index < -0.39 is 5.41 Å². The van der Waals surface area contributed by atoms with E-state index in [9.17, 15) is 4.79 Å². The van der Waals surface area contributed by atoms with Crippen LogP contribution in [0.3, 0.4) is 0 Å². The molecule has 0 spiro atoms. The summed E-state index contributed by atoms with van der Waals surface area (Å²) in [6.07, 6.45) is 1.49. The highest BCUT2D eigenvalue weighted by atomic mass is 79.9. The fourth-order valence-electron chi connectivity index (χ4n) is 3.27. The lowest BCUT2D eigenvalue weighted by molar-refractivity contribution is -0.160. The summed E-state index contributed by atoms with van der Waals surface area (Å²) in [6, 6.07) is 16.1. The van der Waals surface area contributed by atoms with E-state index in [1.54, 1.807) is 0 Å². The van der Waals surface area contributed by atoms with E-state index in [2.05, 4.69) is 50.9 Å². The van der Waals surface area contributed by atoms with Gasteiger partial charge in [0.25, 0.3) is 0 Å². The van der Waals surface area contributed by atoms with Crippen molar-refractivity contribution in [2.75, 3.05) is 0 Å². The van der Waals surface area contributed by atoms with Crippen molar-refractivity contribution in [1.82, 2.24) is 0 Å². The molecule has 24 heavy (non-hydrogen) atoms. The lowest BCUT2D eigenvalue weighted by Crippen LogP contribution is -2.50. The molecule has 0 aliphatic carbocycles. The Bertz CT molecular complexity index is 791. The van der Waals surface area contributed by atoms with Crippen molar-refractivity contribution in [1.29, 1.82) is 0 Å². The minimum absolute atomic E-state index is 0.162. The van der Waals surface area contributed by atoms with Crippen molar-refractivity contribution >= 4 is 43.4 Å². The summed E-state index contributed by atoms with van der Waals surface area (Å²) in [5.41, 5.74) is 2.51. The number of halogens is 2. The molecule has 1 fully saturated rings. The molecule has 4 heteroatoms. The predicted octanol–water partition coefficient (Wildman–Crippen LogP) is 6.24. The van der Waals surface area contributed by atoms with Crippen molar-refractivity contribution in [2.24, 2.45) is 0 Å². The second-order valence-corrected chi connectivity index (χ2v) is 7.65. The first kappa shape index (κ1) is 17.4. The van der Waals surface area contributed by atoms with Gasteiger partial charge in [-0.2, -0.15) is 0 Å². The quantitative estimate of drug-likeness (QED) is 0.516. The minimum Gasteiger partial charge on any atom is -0.428 e. The van der Waals surface area contributed by atoms with Crippen LogP contribution in [-0.2, 0) is 14.9 Å². The number of esters is 1. The molecular weight excluding hydrogens is 432 g/mol. The highest BCUT2D eigenvalue weighted by Gasteiger charge is 2.55. The summed E-state index contributed by atoms with van der Waals surface area (Å²) in [5, 5.41) is 0. The summed E-state index contributed by atoms with van der Waals surface area (Å²) in [6.45, 7) is 4.13. The molecule has 0 saturated carbocycles. The standard InChI is InChI=1S/C20H18Br2O2/c1-3-17(13-5-9-15(21)10-6-13)18-20(4-2,19(23)24-18)14-7-11-16(22)12-8-14/h5-12H,3-4H2,1-2H3/b18-17-/t20-/m0/s1. The fraction of sp³-hybridized carbons (Fsp3) is 0.250. The van der Waals surface area contributed by atoms with Crippen LogP contribution < -0.4 is 0 Å². The number of hydrogen-bond acceptors (Lipinski definition) is 2. The van der Waals surface area contributed by atoms with Crippen LogP contribution in [0.1, 0.15) is 37.8 Å². The molecule has 3 rings (SSSR count). The number of ether oxygens (including phenoxy) is 1. The molecule has 2 nitrogen and oxygen atoms in total. The van der Waals surface area contributed by atoms with Crippen molar-refractivity contribution in [3.05, 3.63) is 74.4 Å². The molecule has 1 saturated heterocycles. The molecular formula is C20H18Br2O2. The van der Waals surface area contributed by atoms with Gasteiger partial charge < -0.3 is 4.74 Å². The molecule has 1 heterocycles. The van der Waals surface area contributed by atoms with Crippen molar-refractivity contribution in [3.8, 4) is 0 Å². The van der Waals surface area contributed by atoms with Crippen molar-refractivity contribution < 1.29 is 9.53 Å². The molecule has 2 aromatic rings. The number of rotatable bonds is 4. The highest BCUT2D eigenvalue weighted by molar-refractivity contribution is 9.10. The Morgan fingerprint density at radius 1 is 0.958 bits per heavy atom. The SMILES string of the molecule is CC/C(=C1/OC(=O)[C@@]1(CC)c1ccc(Br)cc1)c1ccc(Br)cc1. The van der Waals surface area contributed by atoms with Gasteiger partial charge in [0.1, 0.15) is 5.76 Å². The molecule has 0 aromatic heterocycles. The summed E-state index contributed by atoms with van der Waals surface area (Å²) in [7, 11) is 0. The molecule has 1 aliphatic rings. The van der Waals surface area contributed by atoms with E-state index >= 15 is 0 Å². The maximum Gasteiger partial charge on any atom is 0.329 e. The van der Waals surface area contributed by atoms with Crippen molar-refractivity contribution in [2.45, 2.75) is 32.1 Å². The summed E-state index contributed by atoms with van der Waals surface area (Å²) in [5.74, 6) is 0.632. The van der Waals surface area contributed by atoms with Gasteiger partial charge in [-0.3, -0.25) is 4.79 Å². The van der Waals surface area contributed by atoms with E-state index in [0.717, 1.165) is 37.8 Å². The Morgan fingerprint density at radius 3 is 1.96 bits per heavy atom. The summed E-state index contributed by atoms with van der Waals surface area (Å²) < 4.78 is 7.62. The van der Waals surface area contributed by atoms with Crippen LogP contribution >= 0.6 is 31.9 Å². The number of cyclic esters (lactones) is 1. The van der Waals surface area contributed by atoms with Gasteiger partial charge in [0, 0.05) is 8.95 Å². The van der Waals surface area contributed by atoms with Crippen LogP contribution in [0.25, 0.3) is 5.57 Å². The number of benzene rings is 2. The Morgan fingerprint density at radius 2 is 1.50 bits per heavy atom. The molecule has 124 valence electrons. The second kappa shape index (κ2) is 6.85. The third kappa shape index (κ3) is 2.76. The highest BCUT2D eigenvalue weighted by Crippen LogP contribution is 2.49. The first-order valence-corrected chi connectivity index (χ1v) is 9.59. The van der Waals surface area contributed by atoms with Crippen LogP contribution in [-0.4, -0.2) is 5.97 Å². The van der Waals surface area contributed by atoms with Gasteiger partial charge in [-0.1, -0.05) is 70.0 Å². The lowest BCUT2D eigenvalue weighted by atomic mass is 9.70. The molecule has 0 N–H and O–H groups in total. The Hall–Kier alpha value is -1.39. The van der Waals surface area contributed by atoms with Gasteiger partial charge in [-0.25, -0.2) is 0 Å². The third-order valence-electron chi connectivity index (χ3n) is 4.62. The molecule has 2 aromatic carbocycles. The van der Waals surface area contributed by atoms with E-state index in [1.807, 2.05) is 43.3 Å². The van der Waals surface area contributed by atoms with E-state index in [1.165, 1.54) is 0 Å². The average molecular weight is 450 g/mol. The Labute approximate surface area is 159 Å².